The molecule has 2 aliphatic carbocycles. The Morgan fingerprint density at radius 2 is 1.55 bits per heavy atom. The van der Waals surface area contributed by atoms with Crippen LogP contribution in [0.15, 0.2) is 71.9 Å². The molecule has 0 spiro atoms. The van der Waals surface area contributed by atoms with Crippen LogP contribution in [0.5, 0.6) is 0 Å². The van der Waals surface area contributed by atoms with Crippen LogP contribution in [0.1, 0.15) is 108 Å². The van der Waals surface area contributed by atoms with Gasteiger partial charge in [0, 0.05) is 35.6 Å². The minimum atomic E-state index is -3.47. The average molecular weight is 846 g/mol. The van der Waals surface area contributed by atoms with Gasteiger partial charge in [-0.3, -0.25) is 14.8 Å². The highest BCUT2D eigenvalue weighted by atomic mass is 32.2. The number of benzene rings is 3. The van der Waals surface area contributed by atoms with Crippen molar-refractivity contribution < 1.29 is 46.6 Å². The molecule has 2 fully saturated rings. The van der Waals surface area contributed by atoms with Crippen molar-refractivity contribution in [2.75, 3.05) is 17.4 Å². The maximum atomic E-state index is 15.2. The lowest BCUT2D eigenvalue weighted by Crippen LogP contribution is -2.56. The summed E-state index contributed by atoms with van der Waals surface area (Å²) in [5.74, 6) is -2.33. The van der Waals surface area contributed by atoms with Crippen molar-refractivity contribution in [2.24, 2.45) is 0 Å². The number of aliphatic carboxylic acids is 1. The van der Waals surface area contributed by atoms with Crippen molar-refractivity contribution in [1.29, 1.82) is 0 Å². The van der Waals surface area contributed by atoms with Gasteiger partial charge < -0.3 is 25.2 Å². The molecule has 0 radical (unpaired) electrons. The van der Waals surface area contributed by atoms with Crippen LogP contribution >= 0.6 is 0 Å². The van der Waals surface area contributed by atoms with Gasteiger partial charge in [-0.15, -0.1) is 5.01 Å². The summed E-state index contributed by atoms with van der Waals surface area (Å²) in [5.41, 5.74) is 0.453. The fraction of sp³-hybridized carbons (Fsp3) is 0.432. The number of halogens is 1. The number of sulfone groups is 1. The van der Waals surface area contributed by atoms with Gasteiger partial charge in [-0.2, -0.15) is 0 Å². The quantitative estimate of drug-likeness (QED) is 0.104. The standard InChI is InChI=1S/C44H52FN5O9S/c1-43(2,3)58-41(54)50(42(55)59-44(4,5)6)49(32-14-10-29-24-47-25-36(45)35(29)22-32)39(40(52)53)28-11-17-34(26-8-9-26)27(20-28)12-19-38(51)48-31-13-18-37(30(21-31)23-46-7)60(56,57)33-15-16-33/h10-11,13-14,17-18,20-22,24-26,33,39,46H,8-9,12,15-16,19,23H2,1-7H3,(H,48,51)(H,52,53). The van der Waals surface area contributed by atoms with Crippen LogP contribution in [0.2, 0.25) is 0 Å². The van der Waals surface area contributed by atoms with E-state index < -0.39 is 51.1 Å². The van der Waals surface area contributed by atoms with Crippen LogP contribution in [0.25, 0.3) is 10.8 Å². The van der Waals surface area contributed by atoms with Gasteiger partial charge >= 0.3 is 18.2 Å². The number of carboxylic acids is 1. The first-order valence-electron chi connectivity index (χ1n) is 19.9. The van der Waals surface area contributed by atoms with Crippen molar-refractivity contribution in [1.82, 2.24) is 15.3 Å². The SMILES string of the molecule is CNCc1cc(NC(=O)CCc2cc(C(C(=O)O)N(c3ccc4cncc(F)c4c3)N(C(=O)OC(C)(C)C)C(=O)OC(C)(C)C)ccc2C2CC2)ccc1S(=O)(=O)C1CC1. The summed E-state index contributed by atoms with van der Waals surface area (Å²) in [4.78, 5) is 59.4. The Bertz CT molecular complexity index is 2390. The molecule has 3 N–H and O–H groups in total. The summed E-state index contributed by atoms with van der Waals surface area (Å²) in [5, 5.41) is 18.4. The van der Waals surface area contributed by atoms with Crippen LogP contribution in [0, 0.1) is 5.82 Å². The number of aryl methyl sites for hydroxylation is 1. The van der Waals surface area contributed by atoms with E-state index in [4.69, 9.17) is 9.47 Å². The largest absolute Gasteiger partial charge is 0.479 e. The first kappa shape index (κ1) is 44.0. The van der Waals surface area contributed by atoms with E-state index in [-0.39, 0.29) is 58.0 Å². The van der Waals surface area contributed by atoms with Crippen LogP contribution in [-0.4, -0.2) is 71.1 Å². The highest BCUT2D eigenvalue weighted by Crippen LogP contribution is 2.44. The summed E-state index contributed by atoms with van der Waals surface area (Å²) < 4.78 is 52.7. The van der Waals surface area contributed by atoms with Crippen LogP contribution in [0.3, 0.4) is 0 Å². The van der Waals surface area contributed by atoms with Crippen molar-refractivity contribution in [3.05, 3.63) is 95.1 Å². The zero-order valence-electron chi connectivity index (χ0n) is 34.9. The normalized spacial score (nSPS) is 14.9. The first-order chi connectivity index (χ1) is 28.2. The third-order valence-corrected chi connectivity index (χ3v) is 12.2. The zero-order chi connectivity index (χ0) is 43.7. The second-order valence-electron chi connectivity index (χ2n) is 17.3. The number of anilines is 2. The number of carboxylic acid groups (broad SMARTS) is 1. The minimum absolute atomic E-state index is 0.00591. The van der Waals surface area contributed by atoms with Crippen LogP contribution in [-0.2, 0) is 41.9 Å². The molecule has 320 valence electrons. The zero-order valence-corrected chi connectivity index (χ0v) is 35.7. The van der Waals surface area contributed by atoms with E-state index in [0.29, 0.717) is 40.1 Å². The fourth-order valence-electron chi connectivity index (χ4n) is 6.99. The molecule has 0 saturated heterocycles. The third kappa shape index (κ3) is 10.4. The molecule has 4 aromatic rings. The van der Waals surface area contributed by atoms with E-state index in [2.05, 4.69) is 15.6 Å². The number of carbonyl (C=O) groups is 4. The molecular formula is C44H52FN5O9S. The Kier molecular flexibility index (Phi) is 12.6. The molecule has 1 unspecified atom stereocenters. The van der Waals surface area contributed by atoms with Gasteiger partial charge in [0.1, 0.15) is 17.0 Å². The van der Waals surface area contributed by atoms with Crippen LogP contribution < -0.4 is 15.6 Å². The third-order valence-electron chi connectivity index (χ3n) is 9.89. The first-order valence-corrected chi connectivity index (χ1v) is 21.5. The molecule has 16 heteroatoms. The fourth-order valence-corrected chi connectivity index (χ4v) is 8.86. The summed E-state index contributed by atoms with van der Waals surface area (Å²) in [7, 11) is -1.76. The second kappa shape index (κ2) is 17.2. The lowest BCUT2D eigenvalue weighted by atomic mass is 9.93. The predicted molar refractivity (Wildman–Crippen MR) is 224 cm³/mol. The monoisotopic (exact) mass is 845 g/mol. The second-order valence-corrected chi connectivity index (χ2v) is 19.5. The Labute approximate surface area is 349 Å². The number of nitrogens with zero attached hydrogens (tertiary/aromatic N) is 3. The molecule has 0 bridgehead atoms. The number of hydrogen-bond donors (Lipinski definition) is 3. The number of imide groups is 1. The number of hydrazine groups is 1. The van der Waals surface area contributed by atoms with Gasteiger partial charge in [0.05, 0.1) is 22.0 Å². The summed E-state index contributed by atoms with van der Waals surface area (Å²) >= 11 is 0. The number of nitrogens with one attached hydrogen (secondary N) is 2. The van der Waals surface area contributed by atoms with E-state index in [1.807, 2.05) is 0 Å². The van der Waals surface area contributed by atoms with Gasteiger partial charge in [-0.1, -0.05) is 24.3 Å². The highest BCUT2D eigenvalue weighted by molar-refractivity contribution is 7.92. The number of ether oxygens (including phenoxy) is 2. The minimum Gasteiger partial charge on any atom is -0.479 e. The molecule has 2 aliphatic rings. The maximum Gasteiger partial charge on any atom is 0.439 e. The van der Waals surface area contributed by atoms with Crippen molar-refractivity contribution >= 4 is 56.0 Å². The van der Waals surface area contributed by atoms with Crippen LogP contribution in [0.4, 0.5) is 25.4 Å². The summed E-state index contributed by atoms with van der Waals surface area (Å²) in [6.07, 6.45) is 3.21. The maximum absolute atomic E-state index is 15.2. The predicted octanol–water partition coefficient (Wildman–Crippen LogP) is 8.20. The van der Waals surface area contributed by atoms with Gasteiger partial charge in [0.2, 0.25) is 5.91 Å². The molecule has 3 amide bonds. The van der Waals surface area contributed by atoms with Crippen molar-refractivity contribution in [3.8, 4) is 0 Å². The number of pyridine rings is 1. The lowest BCUT2D eigenvalue weighted by Gasteiger charge is -2.39. The topological polar surface area (TPSA) is 185 Å². The van der Waals surface area contributed by atoms with E-state index in [9.17, 15) is 32.7 Å². The molecule has 1 atom stereocenters. The number of carbonyl (C=O) groups excluding carboxylic acids is 3. The van der Waals surface area contributed by atoms with Gasteiger partial charge in [0.25, 0.3) is 0 Å². The van der Waals surface area contributed by atoms with E-state index in [0.717, 1.165) is 29.6 Å². The molecule has 2 saturated carbocycles. The molecule has 1 heterocycles. The highest BCUT2D eigenvalue weighted by Gasteiger charge is 2.43. The molecule has 14 nitrogen and oxygen atoms in total. The molecule has 3 aromatic carbocycles. The Morgan fingerprint density at radius 3 is 2.13 bits per heavy atom. The number of amides is 3. The van der Waals surface area contributed by atoms with Crippen molar-refractivity contribution in [2.45, 2.75) is 120 Å². The molecular weight excluding hydrogens is 794 g/mol. The van der Waals surface area contributed by atoms with Crippen molar-refractivity contribution in [3.63, 3.8) is 0 Å². The number of hydrogen-bond acceptors (Lipinski definition) is 11. The Hall–Kier alpha value is -5.61. The van der Waals surface area contributed by atoms with Gasteiger partial charge in [-0.25, -0.2) is 27.2 Å². The molecule has 1 aromatic heterocycles. The molecule has 6 rings (SSSR count). The molecule has 0 aliphatic heterocycles. The van der Waals surface area contributed by atoms with E-state index in [1.54, 1.807) is 78.9 Å². The molecule has 60 heavy (non-hydrogen) atoms. The number of aromatic nitrogens is 1. The number of fused-ring (bicyclic) bond motifs is 1. The smallest absolute Gasteiger partial charge is 0.439 e. The summed E-state index contributed by atoms with van der Waals surface area (Å²) in [6.45, 7) is 9.81. The lowest BCUT2D eigenvalue weighted by molar-refractivity contribution is -0.139. The average Bonchev–Trinajstić information content (AvgIpc) is 4.07. The Balaban J connectivity index is 1.38. The van der Waals surface area contributed by atoms with Gasteiger partial charge in [-0.05, 0) is 139 Å². The van der Waals surface area contributed by atoms with E-state index >= 15 is 4.39 Å². The van der Waals surface area contributed by atoms with E-state index in [1.165, 1.54) is 30.5 Å². The summed E-state index contributed by atoms with van der Waals surface area (Å²) in [6, 6.07) is 12.3. The van der Waals surface area contributed by atoms with Gasteiger partial charge in [0.15, 0.2) is 15.9 Å². The Morgan fingerprint density at radius 1 is 0.883 bits per heavy atom. The number of rotatable bonds is 14.